The lowest BCUT2D eigenvalue weighted by atomic mass is 9.88. The van der Waals surface area contributed by atoms with Crippen LogP contribution >= 0.6 is 24.0 Å². The summed E-state index contributed by atoms with van der Waals surface area (Å²) in [6.45, 7) is 3.65. The van der Waals surface area contributed by atoms with Crippen LogP contribution in [0, 0.1) is 11.2 Å². The highest BCUT2D eigenvalue weighted by atomic mass is 35.5. The SMILES string of the molecule is CN(Cc1c(F)cccc1Cl)C(=O)C1(C)CCNC1.Cl. The number of carbonyl (C=O) groups is 1. The lowest BCUT2D eigenvalue weighted by Crippen LogP contribution is -2.41. The lowest BCUT2D eigenvalue weighted by Gasteiger charge is -2.28. The van der Waals surface area contributed by atoms with E-state index in [1.165, 1.54) is 6.07 Å². The van der Waals surface area contributed by atoms with Crippen molar-refractivity contribution in [2.75, 3.05) is 20.1 Å². The molecule has 0 spiro atoms. The maximum absolute atomic E-state index is 13.7. The van der Waals surface area contributed by atoms with Gasteiger partial charge in [-0.2, -0.15) is 0 Å². The van der Waals surface area contributed by atoms with Crippen LogP contribution in [0.3, 0.4) is 0 Å². The van der Waals surface area contributed by atoms with E-state index in [2.05, 4.69) is 5.32 Å². The van der Waals surface area contributed by atoms with Crippen LogP contribution in [0.25, 0.3) is 0 Å². The van der Waals surface area contributed by atoms with E-state index in [-0.39, 0.29) is 30.7 Å². The van der Waals surface area contributed by atoms with Crippen LogP contribution in [-0.4, -0.2) is 30.9 Å². The molecule has 1 saturated heterocycles. The second-order valence-electron chi connectivity index (χ2n) is 5.35. The standard InChI is InChI=1S/C14H18ClFN2O.ClH/c1-14(6-7-17-9-14)13(19)18(2)8-10-11(15)4-3-5-12(10)16;/h3-5,17H,6-9H2,1-2H3;1H. The molecule has 0 bridgehead atoms. The molecule has 1 atom stereocenters. The van der Waals surface area contributed by atoms with Gasteiger partial charge in [-0.15, -0.1) is 12.4 Å². The third-order valence-electron chi connectivity index (χ3n) is 3.69. The summed E-state index contributed by atoms with van der Waals surface area (Å²) in [6, 6.07) is 4.56. The molecule has 6 heteroatoms. The summed E-state index contributed by atoms with van der Waals surface area (Å²) in [6.07, 6.45) is 0.807. The van der Waals surface area contributed by atoms with Gasteiger partial charge in [0.25, 0.3) is 0 Å². The molecule has 1 unspecified atom stereocenters. The Morgan fingerprint density at radius 3 is 2.80 bits per heavy atom. The molecule has 3 nitrogen and oxygen atoms in total. The molecular weight excluding hydrogens is 302 g/mol. The van der Waals surface area contributed by atoms with Gasteiger partial charge in [-0.1, -0.05) is 17.7 Å². The van der Waals surface area contributed by atoms with E-state index in [0.29, 0.717) is 17.1 Å². The summed E-state index contributed by atoms with van der Waals surface area (Å²) in [5.74, 6) is -0.348. The van der Waals surface area contributed by atoms with Crippen LogP contribution < -0.4 is 5.32 Å². The molecule has 1 fully saturated rings. The molecule has 112 valence electrons. The normalized spacial score (nSPS) is 21.4. The summed E-state index contributed by atoms with van der Waals surface area (Å²) < 4.78 is 13.7. The van der Waals surface area contributed by atoms with Gasteiger partial charge in [-0.25, -0.2) is 4.39 Å². The number of halogens is 3. The smallest absolute Gasteiger partial charge is 0.229 e. The topological polar surface area (TPSA) is 32.3 Å². The minimum absolute atomic E-state index is 0. The molecule has 2 rings (SSSR count). The summed E-state index contributed by atoms with van der Waals surface area (Å²) in [7, 11) is 1.69. The third-order valence-corrected chi connectivity index (χ3v) is 4.04. The first-order valence-corrected chi connectivity index (χ1v) is 6.71. The third kappa shape index (κ3) is 3.43. The van der Waals surface area contributed by atoms with E-state index in [0.717, 1.165) is 13.0 Å². The predicted molar refractivity (Wildman–Crippen MR) is 80.7 cm³/mol. The Kier molecular flexibility index (Phi) is 5.80. The molecule has 1 N–H and O–H groups in total. The quantitative estimate of drug-likeness (QED) is 0.928. The predicted octanol–water partition coefficient (Wildman–Crippen LogP) is 2.86. The van der Waals surface area contributed by atoms with Crippen LogP contribution in [-0.2, 0) is 11.3 Å². The van der Waals surface area contributed by atoms with Gasteiger partial charge in [0.15, 0.2) is 0 Å². The number of hydrogen-bond donors (Lipinski definition) is 1. The van der Waals surface area contributed by atoms with Crippen LogP contribution in [0.5, 0.6) is 0 Å². The highest BCUT2D eigenvalue weighted by Crippen LogP contribution is 2.28. The van der Waals surface area contributed by atoms with Gasteiger partial charge in [-0.05, 0) is 32.0 Å². The van der Waals surface area contributed by atoms with Gasteiger partial charge >= 0.3 is 0 Å². The molecule has 1 heterocycles. The van der Waals surface area contributed by atoms with Crippen molar-refractivity contribution in [2.24, 2.45) is 5.41 Å². The highest BCUT2D eigenvalue weighted by Gasteiger charge is 2.38. The van der Waals surface area contributed by atoms with Crippen LogP contribution in [0.1, 0.15) is 18.9 Å². The Bertz CT molecular complexity index is 470. The largest absolute Gasteiger partial charge is 0.341 e. The lowest BCUT2D eigenvalue weighted by molar-refractivity contribution is -0.139. The molecular formula is C14H19Cl2FN2O. The molecule has 0 aromatic heterocycles. The van der Waals surface area contributed by atoms with E-state index in [1.54, 1.807) is 24.1 Å². The molecule has 0 aliphatic carbocycles. The summed E-state index contributed by atoms with van der Waals surface area (Å²) in [4.78, 5) is 14.0. The maximum atomic E-state index is 13.7. The van der Waals surface area contributed by atoms with Crippen molar-refractivity contribution in [1.82, 2.24) is 10.2 Å². The van der Waals surface area contributed by atoms with Gasteiger partial charge in [-0.3, -0.25) is 4.79 Å². The number of rotatable bonds is 3. The Morgan fingerprint density at radius 2 is 2.25 bits per heavy atom. The first kappa shape index (κ1) is 17.2. The molecule has 1 aromatic carbocycles. The molecule has 0 saturated carbocycles. The van der Waals surface area contributed by atoms with E-state index in [4.69, 9.17) is 11.6 Å². The van der Waals surface area contributed by atoms with E-state index >= 15 is 0 Å². The Balaban J connectivity index is 0.00000200. The zero-order chi connectivity index (χ0) is 14.0. The summed E-state index contributed by atoms with van der Waals surface area (Å²) in [5.41, 5.74) is -0.0264. The fourth-order valence-corrected chi connectivity index (χ4v) is 2.68. The fourth-order valence-electron chi connectivity index (χ4n) is 2.45. The van der Waals surface area contributed by atoms with Crippen LogP contribution in [0.15, 0.2) is 18.2 Å². The minimum atomic E-state index is -0.396. The second kappa shape index (κ2) is 6.74. The van der Waals surface area contributed by atoms with Crippen molar-refractivity contribution in [3.05, 3.63) is 34.6 Å². The van der Waals surface area contributed by atoms with Gasteiger partial charge in [0, 0.05) is 30.7 Å². The summed E-state index contributed by atoms with van der Waals surface area (Å²) in [5, 5.41) is 3.54. The zero-order valence-corrected chi connectivity index (χ0v) is 13.2. The second-order valence-corrected chi connectivity index (χ2v) is 5.76. The molecule has 1 aromatic rings. The number of benzene rings is 1. The maximum Gasteiger partial charge on any atom is 0.229 e. The Hall–Kier alpha value is -0.840. The molecule has 1 aliphatic rings. The van der Waals surface area contributed by atoms with Crippen molar-refractivity contribution < 1.29 is 9.18 Å². The average molecular weight is 321 g/mol. The Morgan fingerprint density at radius 1 is 1.55 bits per heavy atom. The summed E-state index contributed by atoms with van der Waals surface area (Å²) >= 11 is 5.98. The first-order valence-electron chi connectivity index (χ1n) is 6.33. The van der Waals surface area contributed by atoms with Gasteiger partial charge in [0.05, 0.1) is 5.41 Å². The number of hydrogen-bond acceptors (Lipinski definition) is 2. The van der Waals surface area contributed by atoms with E-state index in [1.807, 2.05) is 6.92 Å². The number of nitrogens with one attached hydrogen (secondary N) is 1. The zero-order valence-electron chi connectivity index (χ0n) is 11.6. The first-order chi connectivity index (χ1) is 8.94. The van der Waals surface area contributed by atoms with Crippen LogP contribution in [0.2, 0.25) is 5.02 Å². The number of nitrogens with zero attached hydrogens (tertiary/aromatic N) is 1. The molecule has 1 amide bonds. The molecule has 20 heavy (non-hydrogen) atoms. The monoisotopic (exact) mass is 320 g/mol. The highest BCUT2D eigenvalue weighted by molar-refractivity contribution is 6.31. The van der Waals surface area contributed by atoms with E-state index in [9.17, 15) is 9.18 Å². The Labute approximate surface area is 129 Å². The van der Waals surface area contributed by atoms with Crippen molar-refractivity contribution in [1.29, 1.82) is 0 Å². The van der Waals surface area contributed by atoms with Gasteiger partial charge < -0.3 is 10.2 Å². The van der Waals surface area contributed by atoms with Crippen molar-refractivity contribution in [3.8, 4) is 0 Å². The number of amides is 1. The molecule has 1 aliphatic heterocycles. The van der Waals surface area contributed by atoms with Crippen molar-refractivity contribution in [3.63, 3.8) is 0 Å². The minimum Gasteiger partial charge on any atom is -0.341 e. The van der Waals surface area contributed by atoms with Gasteiger partial charge in [0.1, 0.15) is 5.82 Å². The molecule has 0 radical (unpaired) electrons. The van der Waals surface area contributed by atoms with Gasteiger partial charge in [0.2, 0.25) is 5.91 Å². The number of carbonyl (C=O) groups excluding carboxylic acids is 1. The van der Waals surface area contributed by atoms with E-state index < -0.39 is 5.41 Å². The average Bonchev–Trinajstić information content (AvgIpc) is 2.81. The van der Waals surface area contributed by atoms with Crippen molar-refractivity contribution in [2.45, 2.75) is 19.9 Å². The van der Waals surface area contributed by atoms with Crippen molar-refractivity contribution >= 4 is 29.9 Å². The van der Waals surface area contributed by atoms with Crippen LogP contribution in [0.4, 0.5) is 4.39 Å². The fraction of sp³-hybridized carbons (Fsp3) is 0.500.